The molecule has 0 saturated heterocycles. The van der Waals surface area contributed by atoms with Gasteiger partial charge in [0.15, 0.2) is 23.0 Å². The van der Waals surface area contributed by atoms with Crippen molar-refractivity contribution in [3.8, 4) is 23.0 Å². The molecule has 2 aromatic rings. The number of rotatable bonds is 5. The van der Waals surface area contributed by atoms with Gasteiger partial charge in [-0.05, 0) is 54.4 Å². The van der Waals surface area contributed by atoms with E-state index in [0.29, 0.717) is 23.8 Å². The van der Waals surface area contributed by atoms with E-state index in [1.807, 2.05) is 31.3 Å². The number of β-amino-alcohol motifs (C(OH)–C–C–N with tert-alkyl or cyclic N) is 1. The number of methoxy groups -OCH3 is 3. The van der Waals surface area contributed by atoms with Crippen LogP contribution in [0.1, 0.15) is 28.8 Å². The third-order valence-corrected chi connectivity index (χ3v) is 4.97. The maximum Gasteiger partial charge on any atom is 0.160 e. The van der Waals surface area contributed by atoms with Crippen molar-refractivity contribution in [1.29, 1.82) is 0 Å². The lowest BCUT2D eigenvalue weighted by atomic mass is 9.87. The molecule has 0 amide bonds. The highest BCUT2D eigenvalue weighted by molar-refractivity contribution is 5.50. The van der Waals surface area contributed by atoms with Crippen LogP contribution in [-0.4, -0.2) is 50.0 Å². The van der Waals surface area contributed by atoms with Gasteiger partial charge in [0.25, 0.3) is 0 Å². The summed E-state index contributed by atoms with van der Waals surface area (Å²) in [6.45, 7) is 0.497. The van der Waals surface area contributed by atoms with E-state index in [0.717, 1.165) is 23.1 Å². The van der Waals surface area contributed by atoms with Crippen molar-refractivity contribution in [3.63, 3.8) is 0 Å². The molecule has 2 N–H and O–H groups in total. The zero-order chi connectivity index (χ0) is 18.8. The first kappa shape index (κ1) is 18.4. The fourth-order valence-electron chi connectivity index (χ4n) is 3.57. The fourth-order valence-corrected chi connectivity index (χ4v) is 3.57. The number of nitrogens with zero attached hydrogens (tertiary/aromatic N) is 1. The highest BCUT2D eigenvalue weighted by Crippen LogP contribution is 2.42. The summed E-state index contributed by atoms with van der Waals surface area (Å²) < 4.78 is 16.0. The quantitative estimate of drug-likeness (QED) is 0.855. The number of aliphatic hydroxyl groups is 1. The predicted molar refractivity (Wildman–Crippen MR) is 98.2 cm³/mol. The van der Waals surface area contributed by atoms with Crippen molar-refractivity contribution in [1.82, 2.24) is 4.90 Å². The second-order valence-electron chi connectivity index (χ2n) is 6.52. The Morgan fingerprint density at radius 3 is 2.31 bits per heavy atom. The summed E-state index contributed by atoms with van der Waals surface area (Å²) in [6, 6.07) is 9.33. The molecule has 2 unspecified atom stereocenters. The van der Waals surface area contributed by atoms with Crippen molar-refractivity contribution < 1.29 is 24.4 Å². The third-order valence-electron chi connectivity index (χ3n) is 4.97. The maximum absolute atomic E-state index is 10.4. The third kappa shape index (κ3) is 3.30. The number of aromatic hydroxyl groups is 1. The monoisotopic (exact) mass is 359 g/mol. The van der Waals surface area contributed by atoms with Crippen LogP contribution in [0, 0.1) is 0 Å². The van der Waals surface area contributed by atoms with Gasteiger partial charge >= 0.3 is 0 Å². The van der Waals surface area contributed by atoms with Gasteiger partial charge in [0.2, 0.25) is 0 Å². The van der Waals surface area contributed by atoms with Gasteiger partial charge < -0.3 is 24.4 Å². The van der Waals surface area contributed by atoms with Crippen molar-refractivity contribution in [3.05, 3.63) is 47.0 Å². The number of hydrogen-bond donors (Lipinski definition) is 2. The Balaban J connectivity index is 1.99. The Labute approximate surface area is 153 Å². The first-order valence-electron chi connectivity index (χ1n) is 8.48. The molecule has 1 aliphatic heterocycles. The van der Waals surface area contributed by atoms with E-state index in [2.05, 4.69) is 4.90 Å². The summed E-state index contributed by atoms with van der Waals surface area (Å²) in [6.07, 6.45) is 0.0817. The molecular weight excluding hydrogens is 334 g/mol. The molecule has 2 aromatic carbocycles. The summed E-state index contributed by atoms with van der Waals surface area (Å²) >= 11 is 0. The molecule has 1 heterocycles. The SMILES string of the molecule is COc1cc2c(cc1O)C(O)CN(C)C2Cc1ccc(OC)c(OC)c1. The van der Waals surface area contributed by atoms with Gasteiger partial charge in [0.1, 0.15) is 0 Å². The summed E-state index contributed by atoms with van der Waals surface area (Å²) in [5.74, 6) is 1.82. The number of aliphatic hydroxyl groups excluding tert-OH is 1. The second kappa shape index (κ2) is 7.43. The number of benzene rings is 2. The van der Waals surface area contributed by atoms with E-state index >= 15 is 0 Å². The molecule has 0 spiro atoms. The number of hydrogen-bond acceptors (Lipinski definition) is 6. The Bertz CT molecular complexity index is 792. The van der Waals surface area contributed by atoms with Crippen molar-refractivity contribution in [2.24, 2.45) is 0 Å². The molecule has 0 fully saturated rings. The lowest BCUT2D eigenvalue weighted by Gasteiger charge is -2.37. The second-order valence-corrected chi connectivity index (χ2v) is 6.52. The fraction of sp³-hybridized carbons (Fsp3) is 0.400. The molecule has 0 radical (unpaired) electrons. The molecule has 0 bridgehead atoms. The number of likely N-dealkylation sites (N-methyl/N-ethyl adjacent to an activating group) is 1. The van der Waals surface area contributed by atoms with E-state index in [4.69, 9.17) is 14.2 Å². The first-order valence-corrected chi connectivity index (χ1v) is 8.48. The molecule has 6 heteroatoms. The van der Waals surface area contributed by atoms with Crippen LogP contribution in [0.3, 0.4) is 0 Å². The van der Waals surface area contributed by atoms with Crippen molar-refractivity contribution in [2.75, 3.05) is 34.9 Å². The van der Waals surface area contributed by atoms with Gasteiger partial charge in [-0.15, -0.1) is 0 Å². The normalized spacial score (nSPS) is 19.7. The molecule has 2 atom stereocenters. The largest absolute Gasteiger partial charge is 0.504 e. The minimum absolute atomic E-state index is 0.0414. The molecule has 6 nitrogen and oxygen atoms in total. The number of fused-ring (bicyclic) bond motifs is 1. The molecule has 1 aliphatic rings. The topological polar surface area (TPSA) is 71.4 Å². The van der Waals surface area contributed by atoms with Gasteiger partial charge in [-0.1, -0.05) is 6.07 Å². The van der Waals surface area contributed by atoms with Crippen LogP contribution in [0.15, 0.2) is 30.3 Å². The van der Waals surface area contributed by atoms with E-state index < -0.39 is 6.10 Å². The number of phenols is 1. The van der Waals surface area contributed by atoms with E-state index in [9.17, 15) is 10.2 Å². The van der Waals surface area contributed by atoms with Crippen molar-refractivity contribution in [2.45, 2.75) is 18.6 Å². The molecule has 0 aromatic heterocycles. The van der Waals surface area contributed by atoms with Crippen LogP contribution < -0.4 is 14.2 Å². The van der Waals surface area contributed by atoms with Gasteiger partial charge in [-0.25, -0.2) is 0 Å². The zero-order valence-corrected chi connectivity index (χ0v) is 15.5. The van der Waals surface area contributed by atoms with E-state index in [1.54, 1.807) is 20.3 Å². The van der Waals surface area contributed by atoms with Crippen LogP contribution in [0.4, 0.5) is 0 Å². The lowest BCUT2D eigenvalue weighted by Crippen LogP contribution is -2.36. The van der Waals surface area contributed by atoms with Gasteiger partial charge in [0.05, 0.1) is 27.4 Å². The summed E-state index contributed by atoms with van der Waals surface area (Å²) in [5.41, 5.74) is 2.79. The lowest BCUT2D eigenvalue weighted by molar-refractivity contribution is 0.0831. The molecule has 26 heavy (non-hydrogen) atoms. The average Bonchev–Trinajstić information content (AvgIpc) is 2.64. The number of ether oxygens (including phenoxy) is 3. The van der Waals surface area contributed by atoms with Gasteiger partial charge in [-0.2, -0.15) is 0 Å². The molecular formula is C20H25NO5. The van der Waals surface area contributed by atoms with E-state index in [-0.39, 0.29) is 11.8 Å². The van der Waals surface area contributed by atoms with Crippen LogP contribution in [0.25, 0.3) is 0 Å². The van der Waals surface area contributed by atoms with Gasteiger partial charge in [-0.3, -0.25) is 4.90 Å². The van der Waals surface area contributed by atoms with Crippen molar-refractivity contribution >= 4 is 0 Å². The Kier molecular flexibility index (Phi) is 5.25. The highest BCUT2D eigenvalue weighted by Gasteiger charge is 2.31. The number of phenolic OH excluding ortho intramolecular Hbond substituents is 1. The van der Waals surface area contributed by atoms with Crippen LogP contribution in [-0.2, 0) is 6.42 Å². The smallest absolute Gasteiger partial charge is 0.160 e. The van der Waals surface area contributed by atoms with E-state index in [1.165, 1.54) is 7.11 Å². The Morgan fingerprint density at radius 1 is 0.962 bits per heavy atom. The first-order chi connectivity index (χ1) is 12.5. The van der Waals surface area contributed by atoms with Crippen LogP contribution in [0.2, 0.25) is 0 Å². The predicted octanol–water partition coefficient (Wildman–Crippen LogP) is 2.68. The minimum Gasteiger partial charge on any atom is -0.504 e. The van der Waals surface area contributed by atoms with Crippen LogP contribution >= 0.6 is 0 Å². The van der Waals surface area contributed by atoms with Gasteiger partial charge in [0, 0.05) is 12.6 Å². The Hall–Kier alpha value is -2.44. The summed E-state index contributed by atoms with van der Waals surface area (Å²) in [5, 5.41) is 20.5. The zero-order valence-electron chi connectivity index (χ0n) is 15.5. The minimum atomic E-state index is -0.645. The standard InChI is InChI=1S/C20H25NO5/c1-21-11-17(23)14-9-16(22)19(25-3)10-13(14)15(21)7-12-5-6-18(24-2)20(8-12)26-4/h5-6,8-10,15,17,22-23H,7,11H2,1-4H3. The molecule has 140 valence electrons. The summed E-state index contributed by atoms with van der Waals surface area (Å²) in [7, 11) is 6.74. The molecule has 3 rings (SSSR count). The average molecular weight is 359 g/mol. The maximum atomic E-state index is 10.4. The molecule has 0 aliphatic carbocycles. The highest BCUT2D eigenvalue weighted by atomic mass is 16.5. The molecule has 0 saturated carbocycles. The Morgan fingerprint density at radius 2 is 1.65 bits per heavy atom. The summed E-state index contributed by atoms with van der Waals surface area (Å²) in [4.78, 5) is 2.11. The van der Waals surface area contributed by atoms with Crippen LogP contribution in [0.5, 0.6) is 23.0 Å².